The minimum absolute atomic E-state index is 0.0664. The Balaban J connectivity index is 2.11. The van der Waals surface area contributed by atoms with E-state index in [0.29, 0.717) is 5.92 Å². The summed E-state index contributed by atoms with van der Waals surface area (Å²) in [5.41, 5.74) is 5.75. The molecular formula is C7H11NO2. The molecule has 0 heterocycles. The third-order valence-corrected chi connectivity index (χ3v) is 2.90. The van der Waals surface area contributed by atoms with Crippen molar-refractivity contribution < 1.29 is 9.90 Å². The van der Waals surface area contributed by atoms with Gasteiger partial charge in [-0.25, -0.2) is 0 Å². The Morgan fingerprint density at radius 2 is 2.40 bits per heavy atom. The minimum atomic E-state index is -0.658. The molecule has 3 heteroatoms. The fraction of sp³-hybridized carbons (Fsp3) is 0.857. The van der Waals surface area contributed by atoms with Crippen LogP contribution in [0, 0.1) is 11.8 Å². The standard InChI is InChI=1S/C7H11NO2/c8-7-2-1-4(6(9)10)5(7)3-7/h4-5H,1-3,8H2,(H,9,10)/t4-,5-,7-/m0/s1. The summed E-state index contributed by atoms with van der Waals surface area (Å²) in [4.78, 5) is 10.5. The molecule has 3 atom stereocenters. The summed E-state index contributed by atoms with van der Waals surface area (Å²) in [5.74, 6) is -0.496. The van der Waals surface area contributed by atoms with E-state index < -0.39 is 5.97 Å². The third-order valence-electron chi connectivity index (χ3n) is 2.90. The minimum Gasteiger partial charge on any atom is -0.481 e. The second kappa shape index (κ2) is 1.53. The molecule has 0 bridgehead atoms. The molecule has 0 amide bonds. The Hall–Kier alpha value is -0.570. The number of carboxylic acids is 1. The lowest BCUT2D eigenvalue weighted by Gasteiger charge is -2.01. The second-order valence-corrected chi connectivity index (χ2v) is 3.53. The molecule has 0 radical (unpaired) electrons. The van der Waals surface area contributed by atoms with Crippen molar-refractivity contribution >= 4 is 5.97 Å². The van der Waals surface area contributed by atoms with Crippen LogP contribution < -0.4 is 5.73 Å². The van der Waals surface area contributed by atoms with Crippen LogP contribution in [-0.2, 0) is 4.79 Å². The highest BCUT2D eigenvalue weighted by Crippen LogP contribution is 2.57. The number of fused-ring (bicyclic) bond motifs is 1. The largest absolute Gasteiger partial charge is 0.481 e. The van der Waals surface area contributed by atoms with Gasteiger partial charge in [0.05, 0.1) is 5.92 Å². The van der Waals surface area contributed by atoms with Gasteiger partial charge in [-0.05, 0) is 25.2 Å². The van der Waals surface area contributed by atoms with Gasteiger partial charge in [0.2, 0.25) is 0 Å². The van der Waals surface area contributed by atoms with Crippen molar-refractivity contribution in [3.05, 3.63) is 0 Å². The van der Waals surface area contributed by atoms with E-state index in [2.05, 4.69) is 0 Å². The Morgan fingerprint density at radius 1 is 1.70 bits per heavy atom. The molecule has 2 fully saturated rings. The summed E-state index contributed by atoms with van der Waals surface area (Å²) in [6, 6.07) is 0. The first kappa shape index (κ1) is 6.16. The normalized spacial score (nSPS) is 50.5. The maximum absolute atomic E-state index is 10.5. The van der Waals surface area contributed by atoms with Gasteiger partial charge in [-0.3, -0.25) is 4.79 Å². The van der Waals surface area contributed by atoms with Crippen LogP contribution >= 0.6 is 0 Å². The molecule has 2 aliphatic carbocycles. The van der Waals surface area contributed by atoms with Crippen molar-refractivity contribution in [2.75, 3.05) is 0 Å². The van der Waals surface area contributed by atoms with E-state index in [4.69, 9.17) is 10.8 Å². The molecule has 0 aromatic rings. The fourth-order valence-corrected chi connectivity index (χ4v) is 2.10. The molecule has 0 aromatic carbocycles. The van der Waals surface area contributed by atoms with E-state index in [0.717, 1.165) is 19.3 Å². The van der Waals surface area contributed by atoms with Gasteiger partial charge in [0, 0.05) is 5.54 Å². The van der Waals surface area contributed by atoms with Crippen LogP contribution in [-0.4, -0.2) is 16.6 Å². The molecule has 0 aromatic heterocycles. The molecule has 56 valence electrons. The van der Waals surface area contributed by atoms with Gasteiger partial charge < -0.3 is 10.8 Å². The Morgan fingerprint density at radius 3 is 2.60 bits per heavy atom. The van der Waals surface area contributed by atoms with E-state index in [1.165, 1.54) is 0 Å². The first-order valence-electron chi connectivity index (χ1n) is 3.65. The summed E-state index contributed by atoms with van der Waals surface area (Å²) < 4.78 is 0. The van der Waals surface area contributed by atoms with Crippen molar-refractivity contribution in [1.29, 1.82) is 0 Å². The number of nitrogens with two attached hydrogens (primary N) is 1. The molecule has 0 saturated heterocycles. The van der Waals surface area contributed by atoms with Crippen molar-refractivity contribution in [2.45, 2.75) is 24.8 Å². The lowest BCUT2D eigenvalue weighted by Crippen LogP contribution is -2.21. The third kappa shape index (κ3) is 0.611. The quantitative estimate of drug-likeness (QED) is 0.548. The van der Waals surface area contributed by atoms with Crippen molar-refractivity contribution in [3.63, 3.8) is 0 Å². The number of carbonyl (C=O) groups is 1. The zero-order chi connectivity index (χ0) is 7.35. The SMILES string of the molecule is N[C@]12CC[C@H](C(=O)O)[C@@H]1C2. The molecule has 0 aliphatic heterocycles. The van der Waals surface area contributed by atoms with Crippen LogP contribution in [0.5, 0.6) is 0 Å². The average molecular weight is 141 g/mol. The van der Waals surface area contributed by atoms with Crippen LogP contribution in [0.3, 0.4) is 0 Å². The molecule has 0 unspecified atom stereocenters. The smallest absolute Gasteiger partial charge is 0.306 e. The lowest BCUT2D eigenvalue weighted by atomic mass is 10.0. The lowest BCUT2D eigenvalue weighted by molar-refractivity contribution is -0.142. The highest BCUT2D eigenvalue weighted by atomic mass is 16.4. The first-order valence-corrected chi connectivity index (χ1v) is 3.65. The van der Waals surface area contributed by atoms with Crippen LogP contribution in [0.25, 0.3) is 0 Å². The van der Waals surface area contributed by atoms with Crippen LogP contribution in [0.4, 0.5) is 0 Å². The topological polar surface area (TPSA) is 63.3 Å². The van der Waals surface area contributed by atoms with Crippen molar-refractivity contribution in [2.24, 2.45) is 17.6 Å². The van der Waals surface area contributed by atoms with Crippen LogP contribution in [0.15, 0.2) is 0 Å². The zero-order valence-electron chi connectivity index (χ0n) is 5.71. The average Bonchev–Trinajstić information content (AvgIpc) is 2.36. The second-order valence-electron chi connectivity index (χ2n) is 3.53. The van der Waals surface area contributed by atoms with Crippen molar-refractivity contribution in [3.8, 4) is 0 Å². The maximum Gasteiger partial charge on any atom is 0.306 e. The number of hydrogen-bond donors (Lipinski definition) is 2. The molecule has 0 spiro atoms. The van der Waals surface area contributed by atoms with Crippen molar-refractivity contribution in [1.82, 2.24) is 0 Å². The highest BCUT2D eigenvalue weighted by molar-refractivity contribution is 5.72. The van der Waals surface area contributed by atoms with Gasteiger partial charge >= 0.3 is 5.97 Å². The van der Waals surface area contributed by atoms with Gasteiger partial charge in [-0.2, -0.15) is 0 Å². The predicted molar refractivity (Wildman–Crippen MR) is 35.4 cm³/mol. The number of carboxylic acid groups (broad SMARTS) is 1. The van der Waals surface area contributed by atoms with E-state index in [1.54, 1.807) is 0 Å². The summed E-state index contributed by atoms with van der Waals surface area (Å²) in [7, 11) is 0. The van der Waals surface area contributed by atoms with E-state index in [-0.39, 0.29) is 11.5 Å². The number of hydrogen-bond acceptors (Lipinski definition) is 2. The van der Waals surface area contributed by atoms with Gasteiger partial charge in [0.25, 0.3) is 0 Å². The molecule has 2 aliphatic rings. The molecule has 3 N–H and O–H groups in total. The van der Waals surface area contributed by atoms with Crippen LogP contribution in [0.1, 0.15) is 19.3 Å². The maximum atomic E-state index is 10.5. The summed E-state index contributed by atoms with van der Waals surface area (Å²) in [5, 5.41) is 8.67. The molecular weight excluding hydrogens is 130 g/mol. The summed E-state index contributed by atoms with van der Waals surface area (Å²) in [6.07, 6.45) is 2.63. The zero-order valence-corrected chi connectivity index (χ0v) is 5.71. The van der Waals surface area contributed by atoms with E-state index in [1.807, 2.05) is 0 Å². The summed E-state index contributed by atoms with van der Waals surface area (Å²) >= 11 is 0. The number of aliphatic carboxylic acids is 1. The Kier molecular flexibility index (Phi) is 0.944. The van der Waals surface area contributed by atoms with Gasteiger partial charge in [-0.15, -0.1) is 0 Å². The van der Waals surface area contributed by atoms with Gasteiger partial charge in [-0.1, -0.05) is 0 Å². The first-order chi connectivity index (χ1) is 4.63. The molecule has 2 saturated carbocycles. The predicted octanol–water partition coefficient (Wildman–Crippen LogP) is 0.198. The molecule has 10 heavy (non-hydrogen) atoms. The molecule has 2 rings (SSSR count). The van der Waals surface area contributed by atoms with Gasteiger partial charge in [0.1, 0.15) is 0 Å². The Labute approximate surface area is 59.2 Å². The Bertz CT molecular complexity index is 192. The van der Waals surface area contributed by atoms with E-state index >= 15 is 0 Å². The van der Waals surface area contributed by atoms with E-state index in [9.17, 15) is 4.79 Å². The monoisotopic (exact) mass is 141 g/mol. The molecule has 3 nitrogen and oxygen atoms in total. The fourth-order valence-electron chi connectivity index (χ4n) is 2.10. The number of rotatable bonds is 1. The summed E-state index contributed by atoms with van der Waals surface area (Å²) in [6.45, 7) is 0. The van der Waals surface area contributed by atoms with Crippen LogP contribution in [0.2, 0.25) is 0 Å². The van der Waals surface area contributed by atoms with Gasteiger partial charge in [0.15, 0.2) is 0 Å². The highest BCUT2D eigenvalue weighted by Gasteiger charge is 2.61.